The Kier molecular flexibility index (Phi) is 14.3. The fourth-order valence-corrected chi connectivity index (χ4v) is 8.58. The van der Waals surface area contributed by atoms with Gasteiger partial charge in [0.1, 0.15) is 5.82 Å². The fraction of sp³-hybridized carbons (Fsp3) is 0.333. The highest BCUT2D eigenvalue weighted by Gasteiger charge is 2.17. The molecule has 0 atom stereocenters. The number of nitrogens with zero attached hydrogens (tertiary/aromatic N) is 14. The van der Waals surface area contributed by atoms with Crippen molar-refractivity contribution in [2.45, 2.75) is 70.6 Å². The van der Waals surface area contributed by atoms with Gasteiger partial charge in [0, 0.05) is 109 Å². The molecular formula is C51H56N14O3. The first-order valence-corrected chi connectivity index (χ1v) is 23.2. The van der Waals surface area contributed by atoms with Crippen LogP contribution >= 0.6 is 0 Å². The first-order chi connectivity index (χ1) is 33.2. The average molecular weight is 913 g/mol. The number of rotatable bonds is 14. The van der Waals surface area contributed by atoms with Crippen molar-refractivity contribution in [3.8, 4) is 50.9 Å². The Morgan fingerprint density at radius 1 is 0.588 bits per heavy atom. The molecule has 0 radical (unpaired) electrons. The Morgan fingerprint density at radius 2 is 1.16 bits per heavy atom. The van der Waals surface area contributed by atoms with E-state index in [-0.39, 0.29) is 11.1 Å². The predicted molar refractivity (Wildman–Crippen MR) is 261 cm³/mol. The highest BCUT2D eigenvalue weighted by atomic mass is 16.5. The molecule has 1 aliphatic carbocycles. The van der Waals surface area contributed by atoms with Crippen LogP contribution in [0, 0.1) is 0 Å². The number of ether oxygens (including phenoxy) is 1. The van der Waals surface area contributed by atoms with E-state index in [2.05, 4.69) is 56.1 Å². The standard InChI is InChI=1S/C26H29N7O.C25H27N7O2/c1-31(2)24-11-12-25(34)33(30-24)17-19-7-6-8-20(13-19)26-27-14-21(15-28-26)22-16-29-32(18-22)23-9-4-3-5-10-23;1-34-23-7-8-24(33)32(29-23)17-19-5-4-6-20(13-19)25-26-14-21(15-27-25)22-16-28-31(18-22)12-11-30-9-2-3-10-30/h6-8,11-16,18,23H,3-5,9-10,17H2,1-2H3;4-8,13-16,18H,2-3,9-12,17H2,1H3. The molecule has 0 bridgehead atoms. The van der Waals surface area contributed by atoms with Gasteiger partial charge in [0.2, 0.25) is 5.88 Å². The van der Waals surface area contributed by atoms with Crippen molar-refractivity contribution in [2.75, 3.05) is 45.7 Å². The SMILES string of the molecule is CN(C)c1ccc(=O)n(Cc2cccc(-c3ncc(-c4cnn(C5CCCCC5)c4)cn3)c2)n1.COc1ccc(=O)n(Cc2cccc(-c3ncc(-c4cnn(CCN5CCCC5)c4)cn3)c2)n1. The van der Waals surface area contributed by atoms with Gasteiger partial charge in [-0.15, -0.1) is 5.10 Å². The molecule has 7 heterocycles. The number of aromatic nitrogens is 12. The largest absolute Gasteiger partial charge is 0.480 e. The van der Waals surface area contributed by atoms with E-state index >= 15 is 0 Å². The molecule has 1 saturated carbocycles. The molecule has 0 spiro atoms. The molecule has 2 aromatic carbocycles. The number of methoxy groups -OCH3 is 1. The molecule has 8 aromatic rings. The van der Waals surface area contributed by atoms with Gasteiger partial charge in [0.25, 0.3) is 11.1 Å². The normalized spacial score (nSPS) is 14.1. The summed E-state index contributed by atoms with van der Waals surface area (Å²) in [6.45, 7) is 5.02. The monoisotopic (exact) mass is 912 g/mol. The Balaban J connectivity index is 0.000000170. The van der Waals surface area contributed by atoms with Gasteiger partial charge in [0.15, 0.2) is 11.6 Å². The highest BCUT2D eigenvalue weighted by molar-refractivity contribution is 5.64. The third kappa shape index (κ3) is 11.3. The van der Waals surface area contributed by atoms with Gasteiger partial charge in [-0.05, 0) is 68.1 Å². The van der Waals surface area contributed by atoms with Crippen LogP contribution in [-0.2, 0) is 19.6 Å². The minimum absolute atomic E-state index is 0.134. The van der Waals surface area contributed by atoms with Crippen molar-refractivity contribution in [3.05, 3.63) is 154 Å². The quantitative estimate of drug-likeness (QED) is 0.110. The molecular weight excluding hydrogens is 857 g/mol. The maximum absolute atomic E-state index is 12.3. The van der Waals surface area contributed by atoms with Gasteiger partial charge < -0.3 is 14.5 Å². The van der Waals surface area contributed by atoms with Crippen LogP contribution in [0.3, 0.4) is 0 Å². The molecule has 1 aliphatic heterocycles. The number of hydrogen-bond donors (Lipinski definition) is 0. The summed E-state index contributed by atoms with van der Waals surface area (Å²) < 4.78 is 12.1. The molecule has 6 aromatic heterocycles. The number of likely N-dealkylation sites (tertiary alicyclic amines) is 1. The number of hydrogen-bond acceptors (Lipinski definition) is 13. The van der Waals surface area contributed by atoms with E-state index < -0.39 is 0 Å². The van der Waals surface area contributed by atoms with Gasteiger partial charge in [-0.3, -0.25) is 19.0 Å². The van der Waals surface area contributed by atoms with Crippen LogP contribution in [0.15, 0.2) is 132 Å². The first-order valence-electron chi connectivity index (χ1n) is 23.2. The van der Waals surface area contributed by atoms with Crippen molar-refractivity contribution in [2.24, 2.45) is 0 Å². The lowest BCUT2D eigenvalue weighted by Crippen LogP contribution is -2.25. The van der Waals surface area contributed by atoms with Gasteiger partial charge in [-0.2, -0.15) is 15.3 Å². The average Bonchev–Trinajstić information content (AvgIpc) is 4.20. The van der Waals surface area contributed by atoms with E-state index in [0.29, 0.717) is 36.7 Å². The van der Waals surface area contributed by atoms with Gasteiger partial charge in [0.05, 0.1) is 45.2 Å². The van der Waals surface area contributed by atoms with E-state index in [9.17, 15) is 9.59 Å². The highest BCUT2D eigenvalue weighted by Crippen LogP contribution is 2.30. The number of anilines is 1. The molecule has 68 heavy (non-hydrogen) atoms. The lowest BCUT2D eigenvalue weighted by molar-refractivity contribution is 0.316. The van der Waals surface area contributed by atoms with E-state index in [1.807, 2.05) is 116 Å². The van der Waals surface area contributed by atoms with E-state index in [0.717, 1.165) is 63.4 Å². The summed E-state index contributed by atoms with van der Waals surface area (Å²) >= 11 is 0. The van der Waals surface area contributed by atoms with Gasteiger partial charge in [-0.25, -0.2) is 29.3 Å². The zero-order valence-corrected chi connectivity index (χ0v) is 38.8. The summed E-state index contributed by atoms with van der Waals surface area (Å²) in [5.41, 5.74) is 7.27. The molecule has 0 amide bonds. The summed E-state index contributed by atoms with van der Waals surface area (Å²) in [4.78, 5) is 47.1. The van der Waals surface area contributed by atoms with Crippen molar-refractivity contribution in [3.63, 3.8) is 0 Å². The van der Waals surface area contributed by atoms with Crippen molar-refractivity contribution in [1.29, 1.82) is 0 Å². The van der Waals surface area contributed by atoms with Gasteiger partial charge >= 0.3 is 0 Å². The minimum atomic E-state index is -0.187. The maximum atomic E-state index is 12.3. The van der Waals surface area contributed by atoms with E-state index in [1.165, 1.54) is 80.6 Å². The summed E-state index contributed by atoms with van der Waals surface area (Å²) in [6, 6.07) is 22.5. The molecule has 0 N–H and O–H groups in total. The van der Waals surface area contributed by atoms with E-state index in [1.54, 1.807) is 18.2 Å². The Labute approximate surface area is 394 Å². The van der Waals surface area contributed by atoms with Crippen LogP contribution < -0.4 is 20.8 Å². The molecule has 0 unspecified atom stereocenters. The van der Waals surface area contributed by atoms with Crippen LogP contribution in [0.4, 0.5) is 5.82 Å². The van der Waals surface area contributed by atoms with Crippen molar-refractivity contribution >= 4 is 5.82 Å². The third-order valence-corrected chi connectivity index (χ3v) is 12.4. The molecule has 17 heteroatoms. The lowest BCUT2D eigenvalue weighted by atomic mass is 9.96. The Bertz CT molecular complexity index is 3040. The minimum Gasteiger partial charge on any atom is -0.480 e. The van der Waals surface area contributed by atoms with Gasteiger partial charge in [-0.1, -0.05) is 55.7 Å². The summed E-state index contributed by atoms with van der Waals surface area (Å²) in [6.07, 6.45) is 24.2. The molecule has 2 aliphatic rings. The predicted octanol–water partition coefficient (Wildman–Crippen LogP) is 6.90. The van der Waals surface area contributed by atoms with Crippen LogP contribution in [-0.4, -0.2) is 105 Å². The third-order valence-electron chi connectivity index (χ3n) is 12.4. The second-order valence-corrected chi connectivity index (χ2v) is 17.5. The van der Waals surface area contributed by atoms with E-state index in [4.69, 9.17) is 4.74 Å². The van der Waals surface area contributed by atoms with Crippen LogP contribution in [0.5, 0.6) is 5.88 Å². The molecule has 2 fully saturated rings. The molecule has 10 rings (SSSR count). The zero-order valence-electron chi connectivity index (χ0n) is 38.8. The van der Waals surface area contributed by atoms with Crippen LogP contribution in [0.1, 0.15) is 62.1 Å². The topological polar surface area (TPSA) is 173 Å². The second-order valence-electron chi connectivity index (χ2n) is 17.5. The zero-order chi connectivity index (χ0) is 46.8. The van der Waals surface area contributed by atoms with Crippen molar-refractivity contribution < 1.29 is 4.74 Å². The summed E-state index contributed by atoms with van der Waals surface area (Å²) in [7, 11) is 5.33. The Hall–Kier alpha value is -7.66. The fourth-order valence-electron chi connectivity index (χ4n) is 8.58. The molecule has 1 saturated heterocycles. The maximum Gasteiger partial charge on any atom is 0.267 e. The lowest BCUT2D eigenvalue weighted by Gasteiger charge is -2.21. The summed E-state index contributed by atoms with van der Waals surface area (Å²) in [5.74, 6) is 2.40. The number of benzene rings is 2. The van der Waals surface area contributed by atoms with Crippen molar-refractivity contribution in [1.82, 2.24) is 64.0 Å². The van der Waals surface area contributed by atoms with Crippen LogP contribution in [0.2, 0.25) is 0 Å². The second kappa shape index (κ2) is 21.3. The molecule has 348 valence electrons. The first kappa shape index (κ1) is 45.5. The Morgan fingerprint density at radius 3 is 1.76 bits per heavy atom. The smallest absolute Gasteiger partial charge is 0.267 e. The summed E-state index contributed by atoms with van der Waals surface area (Å²) in [5, 5.41) is 17.7. The molecule has 17 nitrogen and oxygen atoms in total. The van der Waals surface area contributed by atoms with Crippen LogP contribution in [0.25, 0.3) is 45.0 Å².